The topological polar surface area (TPSA) is 108 Å². The van der Waals surface area contributed by atoms with Crippen molar-refractivity contribution < 1.29 is 47.5 Å². The maximum atomic E-state index is 10.6. The molecule has 0 atom stereocenters. The molecule has 10 nitrogen and oxygen atoms in total. The summed E-state index contributed by atoms with van der Waals surface area (Å²) < 4.78 is 42.7. The van der Waals surface area contributed by atoms with Crippen LogP contribution in [-0.4, -0.2) is 91.2 Å². The number of esters is 2. The molecule has 0 N–H and O–H groups in total. The lowest BCUT2D eigenvalue weighted by atomic mass is 10.3. The quantitative estimate of drug-likeness (QED) is 0.151. The molecule has 1 rings (SSSR count). The number of ether oxygens (including phenoxy) is 8. The van der Waals surface area contributed by atoms with Crippen LogP contribution in [0.3, 0.4) is 0 Å². The number of rotatable bonds is 24. The molecular weight excluding hydrogens is 472 g/mol. The van der Waals surface area contributed by atoms with E-state index in [1.165, 1.54) is 13.8 Å². The first-order valence-corrected chi connectivity index (χ1v) is 12.5. The first-order valence-electron chi connectivity index (χ1n) is 12.5. The van der Waals surface area contributed by atoms with E-state index in [-0.39, 0.29) is 11.9 Å². The summed E-state index contributed by atoms with van der Waals surface area (Å²) in [5.74, 6) is 0.944. The third-order valence-electron chi connectivity index (χ3n) is 4.54. The van der Waals surface area contributed by atoms with Gasteiger partial charge in [-0.1, -0.05) is 0 Å². The lowest BCUT2D eigenvalue weighted by Crippen LogP contribution is -2.10. The molecule has 10 heteroatoms. The van der Waals surface area contributed by atoms with Crippen molar-refractivity contribution in [3.8, 4) is 11.5 Å². The Hall–Kier alpha value is -2.40. The maximum Gasteiger partial charge on any atom is 0.302 e. The summed E-state index contributed by atoms with van der Waals surface area (Å²) in [6.45, 7) is 8.73. The zero-order chi connectivity index (χ0) is 26.1. The van der Waals surface area contributed by atoms with Crippen molar-refractivity contribution in [2.75, 3.05) is 79.3 Å². The molecular formula is C26H42O10. The second-order valence-electron chi connectivity index (χ2n) is 7.71. The molecule has 0 aromatic heterocycles. The Morgan fingerprint density at radius 3 is 1.08 bits per heavy atom. The standard InChI is InChI=1S/C26H42O10/c1-23(27)33-19-15-29-11-3-5-13-31-17-21-35-25-7-9-26(10-8-25)36-22-18-32-14-6-4-12-30-16-20-34-24(2)28/h7-10H,3-6,11-22H2,1-2H3. The molecule has 206 valence electrons. The smallest absolute Gasteiger partial charge is 0.302 e. The van der Waals surface area contributed by atoms with Crippen LogP contribution in [0.5, 0.6) is 11.5 Å². The van der Waals surface area contributed by atoms with Crippen molar-refractivity contribution in [2.24, 2.45) is 0 Å². The van der Waals surface area contributed by atoms with Gasteiger partial charge < -0.3 is 37.9 Å². The van der Waals surface area contributed by atoms with Crippen LogP contribution in [0.2, 0.25) is 0 Å². The molecule has 0 aliphatic carbocycles. The monoisotopic (exact) mass is 514 g/mol. The summed E-state index contributed by atoms with van der Waals surface area (Å²) in [5.41, 5.74) is 0. The number of hydrogen-bond donors (Lipinski definition) is 0. The molecule has 1 aromatic carbocycles. The second kappa shape index (κ2) is 23.0. The van der Waals surface area contributed by atoms with E-state index < -0.39 is 0 Å². The fourth-order valence-corrected chi connectivity index (χ4v) is 2.78. The van der Waals surface area contributed by atoms with Crippen LogP contribution in [0.1, 0.15) is 39.5 Å². The summed E-state index contributed by atoms with van der Waals surface area (Å²) in [5, 5.41) is 0. The van der Waals surface area contributed by atoms with Crippen LogP contribution in [0.4, 0.5) is 0 Å². The SMILES string of the molecule is CC(=O)OCCOCCCCOCCOc1ccc(OCCOCCCCOCCOC(C)=O)cc1. The highest BCUT2D eigenvalue weighted by Crippen LogP contribution is 2.17. The highest BCUT2D eigenvalue weighted by molar-refractivity contribution is 5.66. The van der Waals surface area contributed by atoms with Gasteiger partial charge in [-0.2, -0.15) is 0 Å². The van der Waals surface area contributed by atoms with Gasteiger partial charge in [-0.3, -0.25) is 9.59 Å². The molecule has 0 amide bonds. The largest absolute Gasteiger partial charge is 0.491 e. The van der Waals surface area contributed by atoms with Gasteiger partial charge in [0.15, 0.2) is 0 Å². The van der Waals surface area contributed by atoms with Crippen LogP contribution in [-0.2, 0) is 38.0 Å². The maximum absolute atomic E-state index is 10.6. The van der Waals surface area contributed by atoms with E-state index in [2.05, 4.69) is 0 Å². The van der Waals surface area contributed by atoms with Crippen molar-refractivity contribution in [2.45, 2.75) is 39.5 Å². The number of carbonyl (C=O) groups is 2. The van der Waals surface area contributed by atoms with E-state index in [9.17, 15) is 9.59 Å². The molecule has 0 bridgehead atoms. The first-order chi connectivity index (χ1) is 17.6. The predicted octanol–water partition coefficient (Wildman–Crippen LogP) is 3.20. The molecule has 0 aliphatic rings. The summed E-state index contributed by atoms with van der Waals surface area (Å²) in [6, 6.07) is 7.46. The van der Waals surface area contributed by atoms with Crippen LogP contribution in [0, 0.1) is 0 Å². The lowest BCUT2D eigenvalue weighted by Gasteiger charge is -2.10. The third-order valence-corrected chi connectivity index (χ3v) is 4.54. The predicted molar refractivity (Wildman–Crippen MR) is 132 cm³/mol. The van der Waals surface area contributed by atoms with Gasteiger partial charge in [0.25, 0.3) is 0 Å². The van der Waals surface area contributed by atoms with Gasteiger partial charge in [0.2, 0.25) is 0 Å². The fraction of sp³-hybridized carbons (Fsp3) is 0.692. The summed E-state index contributed by atoms with van der Waals surface area (Å²) >= 11 is 0. The Morgan fingerprint density at radius 1 is 0.472 bits per heavy atom. The van der Waals surface area contributed by atoms with E-state index >= 15 is 0 Å². The fourth-order valence-electron chi connectivity index (χ4n) is 2.78. The Kier molecular flexibility index (Phi) is 20.2. The molecule has 0 aliphatic heterocycles. The van der Waals surface area contributed by atoms with Crippen molar-refractivity contribution in [1.29, 1.82) is 0 Å². The van der Waals surface area contributed by atoms with Crippen LogP contribution in [0.15, 0.2) is 24.3 Å². The Bertz CT molecular complexity index is 608. The van der Waals surface area contributed by atoms with Gasteiger partial charge in [-0.05, 0) is 49.9 Å². The van der Waals surface area contributed by atoms with Crippen molar-refractivity contribution in [3.05, 3.63) is 24.3 Å². The van der Waals surface area contributed by atoms with E-state index in [0.717, 1.165) is 37.2 Å². The minimum Gasteiger partial charge on any atom is -0.491 e. The lowest BCUT2D eigenvalue weighted by molar-refractivity contribution is -0.143. The minimum absolute atomic E-state index is 0.290. The molecule has 0 unspecified atom stereocenters. The van der Waals surface area contributed by atoms with Gasteiger partial charge in [-0.15, -0.1) is 0 Å². The van der Waals surface area contributed by atoms with E-state index in [4.69, 9.17) is 37.9 Å². The average Bonchev–Trinajstić information content (AvgIpc) is 2.85. The highest BCUT2D eigenvalue weighted by atomic mass is 16.6. The van der Waals surface area contributed by atoms with Gasteiger partial charge in [0.1, 0.15) is 37.9 Å². The van der Waals surface area contributed by atoms with Crippen molar-refractivity contribution >= 4 is 11.9 Å². The summed E-state index contributed by atoms with van der Waals surface area (Å²) in [6.07, 6.45) is 3.58. The zero-order valence-electron chi connectivity index (χ0n) is 21.7. The molecule has 36 heavy (non-hydrogen) atoms. The minimum atomic E-state index is -0.290. The Morgan fingerprint density at radius 2 is 0.778 bits per heavy atom. The van der Waals surface area contributed by atoms with Crippen LogP contribution < -0.4 is 9.47 Å². The van der Waals surface area contributed by atoms with Gasteiger partial charge >= 0.3 is 11.9 Å². The third kappa shape index (κ3) is 20.9. The molecule has 1 aromatic rings. The van der Waals surface area contributed by atoms with Crippen molar-refractivity contribution in [3.63, 3.8) is 0 Å². The van der Waals surface area contributed by atoms with Gasteiger partial charge in [-0.25, -0.2) is 0 Å². The van der Waals surface area contributed by atoms with Crippen molar-refractivity contribution in [1.82, 2.24) is 0 Å². The molecule has 0 radical (unpaired) electrons. The first kappa shape index (κ1) is 31.6. The normalized spacial score (nSPS) is 10.7. The zero-order valence-corrected chi connectivity index (χ0v) is 21.7. The summed E-state index contributed by atoms with van der Waals surface area (Å²) in [7, 11) is 0. The number of unbranched alkanes of at least 4 members (excludes halogenated alkanes) is 2. The number of carbonyl (C=O) groups excluding carboxylic acids is 2. The van der Waals surface area contributed by atoms with E-state index in [1.807, 2.05) is 24.3 Å². The van der Waals surface area contributed by atoms with Gasteiger partial charge in [0, 0.05) is 40.3 Å². The Labute approximate surface area is 214 Å². The van der Waals surface area contributed by atoms with Crippen LogP contribution >= 0.6 is 0 Å². The van der Waals surface area contributed by atoms with Crippen LogP contribution in [0.25, 0.3) is 0 Å². The highest BCUT2D eigenvalue weighted by Gasteiger charge is 1.99. The average molecular weight is 515 g/mol. The second-order valence-corrected chi connectivity index (χ2v) is 7.71. The number of hydrogen-bond acceptors (Lipinski definition) is 10. The molecule has 0 saturated heterocycles. The molecule has 0 saturated carbocycles. The molecule has 0 fully saturated rings. The number of benzene rings is 1. The molecule has 0 heterocycles. The van der Waals surface area contributed by atoms with E-state index in [0.29, 0.717) is 79.3 Å². The van der Waals surface area contributed by atoms with E-state index in [1.54, 1.807) is 0 Å². The Balaban J connectivity index is 1.87. The van der Waals surface area contributed by atoms with Gasteiger partial charge in [0.05, 0.1) is 26.4 Å². The summed E-state index contributed by atoms with van der Waals surface area (Å²) in [4.78, 5) is 21.2. The molecule has 0 spiro atoms.